The van der Waals surface area contributed by atoms with E-state index in [-0.39, 0.29) is 17.1 Å². The Labute approximate surface area is 114 Å². The summed E-state index contributed by atoms with van der Waals surface area (Å²) in [4.78, 5) is 35.6. The summed E-state index contributed by atoms with van der Waals surface area (Å²) in [7, 11) is 0. The van der Waals surface area contributed by atoms with Crippen LogP contribution in [0.2, 0.25) is 0 Å². The fraction of sp³-hybridized carbons (Fsp3) is 0. The van der Waals surface area contributed by atoms with E-state index in [1.54, 1.807) is 30.3 Å². The highest BCUT2D eigenvalue weighted by Crippen LogP contribution is 2.28. The summed E-state index contributed by atoms with van der Waals surface area (Å²) in [6, 6.07) is 10.5. The van der Waals surface area contributed by atoms with Crippen molar-refractivity contribution in [1.82, 2.24) is 0 Å². The zero-order valence-electron chi connectivity index (χ0n) is 10.3. The molecule has 0 saturated heterocycles. The van der Waals surface area contributed by atoms with E-state index in [9.17, 15) is 14.4 Å². The molecule has 0 atom stereocenters. The highest BCUT2D eigenvalue weighted by Gasteiger charge is 2.29. The van der Waals surface area contributed by atoms with Gasteiger partial charge in [0.1, 0.15) is 0 Å². The Morgan fingerprint density at radius 2 is 1.40 bits per heavy atom. The topological polar surface area (TPSA) is 89.3 Å². The molecule has 0 aromatic heterocycles. The monoisotopic (exact) mass is 266 g/mol. The number of nitrogens with two attached hydrogens (primary N) is 1. The summed E-state index contributed by atoms with van der Waals surface area (Å²) >= 11 is 0. The second-order valence-corrected chi connectivity index (χ2v) is 4.45. The average Bonchev–Trinajstić information content (AvgIpc) is 2.44. The maximum absolute atomic E-state index is 12.4. The first-order chi connectivity index (χ1) is 9.58. The number of hydrogen-bond donors (Lipinski definition) is 2. The van der Waals surface area contributed by atoms with Gasteiger partial charge in [-0.2, -0.15) is 0 Å². The molecule has 2 aromatic carbocycles. The van der Waals surface area contributed by atoms with Gasteiger partial charge in [0, 0.05) is 27.9 Å². The molecule has 0 saturated carbocycles. The second-order valence-electron chi connectivity index (χ2n) is 4.45. The molecule has 20 heavy (non-hydrogen) atoms. The Balaban J connectivity index is 2.16. The van der Waals surface area contributed by atoms with E-state index >= 15 is 0 Å². The third-order valence-corrected chi connectivity index (χ3v) is 3.19. The predicted octanol–water partition coefficient (Wildman–Crippen LogP) is 1.95. The van der Waals surface area contributed by atoms with Gasteiger partial charge in [-0.05, 0) is 18.2 Å². The van der Waals surface area contributed by atoms with E-state index in [0.29, 0.717) is 22.4 Å². The van der Waals surface area contributed by atoms with Crippen LogP contribution in [0.15, 0.2) is 42.5 Å². The van der Waals surface area contributed by atoms with Crippen LogP contribution >= 0.6 is 0 Å². The molecular formula is C15H10N2O3. The molecule has 3 rings (SSSR count). The number of carbonyl (C=O) groups excluding carboxylic acids is 3. The summed E-state index contributed by atoms with van der Waals surface area (Å²) < 4.78 is 0. The van der Waals surface area contributed by atoms with Crippen molar-refractivity contribution < 1.29 is 14.4 Å². The number of amides is 2. The van der Waals surface area contributed by atoms with E-state index in [0.717, 1.165) is 0 Å². The van der Waals surface area contributed by atoms with Crippen LogP contribution in [-0.4, -0.2) is 17.6 Å². The zero-order valence-corrected chi connectivity index (χ0v) is 10.3. The molecular weight excluding hydrogens is 256 g/mol. The molecule has 0 fully saturated rings. The number of primary amides is 1. The summed E-state index contributed by atoms with van der Waals surface area (Å²) in [5, 5.41) is 2.39. The molecule has 0 unspecified atom stereocenters. The highest BCUT2D eigenvalue weighted by molar-refractivity contribution is 6.28. The van der Waals surface area contributed by atoms with Crippen molar-refractivity contribution in [3.8, 4) is 0 Å². The lowest BCUT2D eigenvalue weighted by atomic mass is 9.84. The minimum Gasteiger partial charge on any atom is -0.351 e. The average molecular weight is 266 g/mol. The lowest BCUT2D eigenvalue weighted by Gasteiger charge is -2.17. The first-order valence-electron chi connectivity index (χ1n) is 5.97. The molecule has 0 spiro atoms. The smallest absolute Gasteiger partial charge is 0.316 e. The van der Waals surface area contributed by atoms with E-state index < -0.39 is 6.03 Å². The van der Waals surface area contributed by atoms with Crippen LogP contribution < -0.4 is 11.1 Å². The van der Waals surface area contributed by atoms with E-state index in [4.69, 9.17) is 5.73 Å². The van der Waals surface area contributed by atoms with Crippen molar-refractivity contribution in [2.45, 2.75) is 0 Å². The van der Waals surface area contributed by atoms with Crippen molar-refractivity contribution >= 4 is 23.3 Å². The molecule has 2 aromatic rings. The lowest BCUT2D eigenvalue weighted by molar-refractivity contribution is 0.0979. The number of hydrogen-bond acceptors (Lipinski definition) is 3. The van der Waals surface area contributed by atoms with Gasteiger partial charge in [0.25, 0.3) is 0 Å². The first kappa shape index (κ1) is 12.1. The number of rotatable bonds is 1. The quantitative estimate of drug-likeness (QED) is 0.705. The van der Waals surface area contributed by atoms with Gasteiger partial charge in [0.05, 0.1) is 0 Å². The Morgan fingerprint density at radius 3 is 2.00 bits per heavy atom. The number of nitrogens with one attached hydrogen (secondary N) is 1. The maximum Gasteiger partial charge on any atom is 0.316 e. The number of ketones is 2. The van der Waals surface area contributed by atoms with Crippen molar-refractivity contribution in [2.24, 2.45) is 5.73 Å². The number of fused-ring (bicyclic) bond motifs is 2. The Morgan fingerprint density at radius 1 is 0.850 bits per heavy atom. The Kier molecular flexibility index (Phi) is 2.61. The molecule has 1 aliphatic rings. The van der Waals surface area contributed by atoms with Crippen molar-refractivity contribution in [3.05, 3.63) is 64.7 Å². The minimum atomic E-state index is -0.722. The SMILES string of the molecule is NC(=O)Nc1ccc2c(c1)C(=O)c1ccccc1C2=O. The fourth-order valence-electron chi connectivity index (χ4n) is 2.32. The van der Waals surface area contributed by atoms with Crippen LogP contribution in [-0.2, 0) is 0 Å². The van der Waals surface area contributed by atoms with Gasteiger partial charge in [-0.25, -0.2) is 4.79 Å². The molecule has 1 aliphatic carbocycles. The molecule has 2 amide bonds. The van der Waals surface area contributed by atoms with Gasteiger partial charge in [-0.1, -0.05) is 24.3 Å². The Hall–Kier alpha value is -2.95. The predicted molar refractivity (Wildman–Crippen MR) is 73.0 cm³/mol. The number of carbonyl (C=O) groups is 3. The standard InChI is InChI=1S/C15H10N2O3/c16-15(20)17-8-5-6-11-12(7-8)14(19)10-4-2-1-3-9(10)13(11)18/h1-7H,(H3,16,17,20). The summed E-state index contributed by atoms with van der Waals surface area (Å²) in [5.41, 5.74) is 6.82. The lowest BCUT2D eigenvalue weighted by Crippen LogP contribution is -2.23. The number of anilines is 1. The van der Waals surface area contributed by atoms with E-state index in [2.05, 4.69) is 5.32 Å². The van der Waals surface area contributed by atoms with Crippen molar-refractivity contribution in [2.75, 3.05) is 5.32 Å². The highest BCUT2D eigenvalue weighted by atomic mass is 16.2. The van der Waals surface area contributed by atoms with Crippen LogP contribution in [0, 0.1) is 0 Å². The van der Waals surface area contributed by atoms with Crippen molar-refractivity contribution in [3.63, 3.8) is 0 Å². The molecule has 0 aliphatic heterocycles. The largest absolute Gasteiger partial charge is 0.351 e. The van der Waals surface area contributed by atoms with Gasteiger partial charge in [-0.3, -0.25) is 9.59 Å². The van der Waals surface area contributed by atoms with Gasteiger partial charge in [-0.15, -0.1) is 0 Å². The third kappa shape index (κ3) is 1.76. The summed E-state index contributed by atoms with van der Waals surface area (Å²) in [6.45, 7) is 0. The van der Waals surface area contributed by atoms with Gasteiger partial charge < -0.3 is 11.1 Å². The molecule has 5 heteroatoms. The minimum absolute atomic E-state index is 0.194. The van der Waals surface area contributed by atoms with Gasteiger partial charge in [0.15, 0.2) is 11.6 Å². The molecule has 0 bridgehead atoms. The molecule has 0 heterocycles. The van der Waals surface area contributed by atoms with Crippen LogP contribution in [0.25, 0.3) is 0 Å². The van der Waals surface area contributed by atoms with Crippen LogP contribution in [0.3, 0.4) is 0 Å². The number of benzene rings is 2. The molecule has 5 nitrogen and oxygen atoms in total. The van der Waals surface area contributed by atoms with Crippen LogP contribution in [0.1, 0.15) is 31.8 Å². The zero-order chi connectivity index (χ0) is 14.3. The molecule has 0 radical (unpaired) electrons. The summed E-state index contributed by atoms with van der Waals surface area (Å²) in [5.74, 6) is -0.427. The van der Waals surface area contributed by atoms with Crippen molar-refractivity contribution in [1.29, 1.82) is 0 Å². The van der Waals surface area contributed by atoms with Crippen LogP contribution in [0.4, 0.5) is 10.5 Å². The second kappa shape index (κ2) is 4.31. The molecule has 3 N–H and O–H groups in total. The maximum atomic E-state index is 12.4. The first-order valence-corrected chi connectivity index (χ1v) is 5.97. The van der Waals surface area contributed by atoms with Crippen LogP contribution in [0.5, 0.6) is 0 Å². The van der Waals surface area contributed by atoms with E-state index in [1.807, 2.05) is 0 Å². The van der Waals surface area contributed by atoms with E-state index in [1.165, 1.54) is 12.1 Å². The fourth-order valence-corrected chi connectivity index (χ4v) is 2.32. The van der Waals surface area contributed by atoms with Gasteiger partial charge in [0.2, 0.25) is 0 Å². The third-order valence-electron chi connectivity index (χ3n) is 3.19. The summed E-state index contributed by atoms with van der Waals surface area (Å²) in [6.07, 6.45) is 0. The molecule has 98 valence electrons. The number of urea groups is 1. The van der Waals surface area contributed by atoms with Gasteiger partial charge >= 0.3 is 6.03 Å². The normalized spacial score (nSPS) is 12.6. The Bertz CT molecular complexity index is 765.